The third kappa shape index (κ3) is 2.63. The number of anilines is 1. The molecule has 18 heavy (non-hydrogen) atoms. The fourth-order valence-electron chi connectivity index (χ4n) is 1.74. The van der Waals surface area contributed by atoms with Gasteiger partial charge in [0.2, 0.25) is 0 Å². The van der Waals surface area contributed by atoms with E-state index in [-0.39, 0.29) is 0 Å². The minimum atomic E-state index is 0.588. The molecule has 0 aliphatic carbocycles. The van der Waals surface area contributed by atoms with Gasteiger partial charge in [0.1, 0.15) is 0 Å². The van der Waals surface area contributed by atoms with E-state index in [1.54, 1.807) is 22.9 Å². The number of benzene rings is 1. The van der Waals surface area contributed by atoms with Crippen LogP contribution in [-0.2, 0) is 13.6 Å². The number of aryl methyl sites for hydroxylation is 2. The zero-order valence-corrected chi connectivity index (χ0v) is 11.0. The summed E-state index contributed by atoms with van der Waals surface area (Å²) in [5, 5.41) is 17.0. The fourth-order valence-corrected chi connectivity index (χ4v) is 1.93. The van der Waals surface area contributed by atoms with Gasteiger partial charge in [-0.05, 0) is 25.1 Å². The molecule has 0 aliphatic rings. The van der Waals surface area contributed by atoms with Crippen LogP contribution < -0.4 is 5.32 Å². The largest absolute Gasteiger partial charge is 0.380 e. The summed E-state index contributed by atoms with van der Waals surface area (Å²) < 4.78 is 1.78. The zero-order valence-electron chi connectivity index (χ0n) is 10.2. The van der Waals surface area contributed by atoms with Crippen molar-refractivity contribution in [1.82, 2.24) is 9.78 Å². The molecule has 5 heteroatoms. The molecule has 1 aromatic heterocycles. The summed E-state index contributed by atoms with van der Waals surface area (Å²) in [6.45, 7) is 2.60. The predicted octanol–water partition coefficient (Wildman–Crippen LogP) is 2.87. The number of hydrogen-bond acceptors (Lipinski definition) is 3. The Balaban J connectivity index is 2.15. The minimum Gasteiger partial charge on any atom is -0.380 e. The Morgan fingerprint density at radius 3 is 2.89 bits per heavy atom. The number of aromatic nitrogens is 2. The molecule has 0 bridgehead atoms. The van der Waals surface area contributed by atoms with Crippen molar-refractivity contribution in [3.63, 3.8) is 0 Å². The third-order valence-electron chi connectivity index (χ3n) is 2.68. The molecular formula is C13H13ClN4. The SMILES string of the molecule is Cc1nn(C)cc1CNc1cc(C#N)ccc1Cl. The molecule has 0 saturated carbocycles. The van der Waals surface area contributed by atoms with E-state index in [2.05, 4.69) is 16.5 Å². The van der Waals surface area contributed by atoms with Crippen LogP contribution in [0.2, 0.25) is 5.02 Å². The first-order valence-electron chi connectivity index (χ1n) is 5.53. The first-order valence-corrected chi connectivity index (χ1v) is 5.90. The molecule has 4 nitrogen and oxygen atoms in total. The van der Waals surface area contributed by atoms with Crippen molar-refractivity contribution >= 4 is 17.3 Å². The predicted molar refractivity (Wildman–Crippen MR) is 71.4 cm³/mol. The lowest BCUT2D eigenvalue weighted by Crippen LogP contribution is -2.00. The van der Waals surface area contributed by atoms with Crippen molar-refractivity contribution in [2.45, 2.75) is 13.5 Å². The summed E-state index contributed by atoms with van der Waals surface area (Å²) in [5.41, 5.74) is 3.44. The Morgan fingerprint density at radius 1 is 1.50 bits per heavy atom. The van der Waals surface area contributed by atoms with E-state index < -0.39 is 0 Å². The second kappa shape index (κ2) is 5.11. The average Bonchev–Trinajstić information content (AvgIpc) is 2.67. The topological polar surface area (TPSA) is 53.6 Å². The first-order chi connectivity index (χ1) is 8.60. The van der Waals surface area contributed by atoms with Crippen LogP contribution >= 0.6 is 11.6 Å². The molecular weight excluding hydrogens is 248 g/mol. The summed E-state index contributed by atoms with van der Waals surface area (Å²) in [7, 11) is 1.89. The summed E-state index contributed by atoms with van der Waals surface area (Å²) in [6, 6.07) is 7.26. The molecule has 2 rings (SSSR count). The van der Waals surface area contributed by atoms with Crippen molar-refractivity contribution in [3.05, 3.63) is 46.2 Å². The molecule has 0 radical (unpaired) electrons. The van der Waals surface area contributed by atoms with Crippen LogP contribution in [0.4, 0.5) is 5.69 Å². The van der Waals surface area contributed by atoms with Gasteiger partial charge in [0, 0.05) is 25.4 Å². The number of nitrogens with one attached hydrogen (secondary N) is 1. The second-order valence-electron chi connectivity index (χ2n) is 4.07. The molecule has 2 aromatic rings. The van der Waals surface area contributed by atoms with Gasteiger partial charge >= 0.3 is 0 Å². The highest BCUT2D eigenvalue weighted by atomic mass is 35.5. The molecule has 1 aromatic carbocycles. The van der Waals surface area contributed by atoms with Crippen molar-refractivity contribution < 1.29 is 0 Å². The highest BCUT2D eigenvalue weighted by Crippen LogP contribution is 2.23. The summed E-state index contributed by atoms with van der Waals surface area (Å²) in [5.74, 6) is 0. The fraction of sp³-hybridized carbons (Fsp3) is 0.231. The molecule has 1 N–H and O–H groups in total. The van der Waals surface area contributed by atoms with Crippen LogP contribution in [0.15, 0.2) is 24.4 Å². The van der Waals surface area contributed by atoms with E-state index >= 15 is 0 Å². The van der Waals surface area contributed by atoms with Gasteiger partial charge in [0.25, 0.3) is 0 Å². The van der Waals surface area contributed by atoms with Gasteiger partial charge in [-0.2, -0.15) is 10.4 Å². The number of nitriles is 1. The monoisotopic (exact) mass is 260 g/mol. The van der Waals surface area contributed by atoms with E-state index in [1.165, 1.54) is 0 Å². The van der Waals surface area contributed by atoms with Crippen LogP contribution in [0.25, 0.3) is 0 Å². The van der Waals surface area contributed by atoms with E-state index in [4.69, 9.17) is 16.9 Å². The van der Waals surface area contributed by atoms with Gasteiger partial charge < -0.3 is 5.32 Å². The lowest BCUT2D eigenvalue weighted by molar-refractivity contribution is 0.756. The number of rotatable bonds is 3. The van der Waals surface area contributed by atoms with E-state index in [0.717, 1.165) is 16.9 Å². The smallest absolute Gasteiger partial charge is 0.0992 e. The standard InChI is InChI=1S/C13H13ClN4/c1-9-11(8-18(2)17-9)7-16-13-5-10(6-15)3-4-12(13)14/h3-5,8,16H,7H2,1-2H3. The molecule has 1 heterocycles. The van der Waals surface area contributed by atoms with Gasteiger partial charge in [0.05, 0.1) is 28.0 Å². The van der Waals surface area contributed by atoms with E-state index in [0.29, 0.717) is 17.1 Å². The molecule has 0 unspecified atom stereocenters. The average molecular weight is 261 g/mol. The minimum absolute atomic E-state index is 0.588. The van der Waals surface area contributed by atoms with Crippen LogP contribution in [0.3, 0.4) is 0 Å². The summed E-state index contributed by atoms with van der Waals surface area (Å²) in [6.07, 6.45) is 1.96. The summed E-state index contributed by atoms with van der Waals surface area (Å²) in [4.78, 5) is 0. The quantitative estimate of drug-likeness (QED) is 0.923. The highest BCUT2D eigenvalue weighted by Gasteiger charge is 2.05. The maximum Gasteiger partial charge on any atom is 0.0992 e. The van der Waals surface area contributed by atoms with Crippen molar-refractivity contribution in [1.29, 1.82) is 5.26 Å². The number of nitrogens with zero attached hydrogens (tertiary/aromatic N) is 3. The second-order valence-corrected chi connectivity index (χ2v) is 4.48. The Hall–Kier alpha value is -1.99. The van der Waals surface area contributed by atoms with Gasteiger partial charge in [-0.25, -0.2) is 0 Å². The maximum absolute atomic E-state index is 8.85. The maximum atomic E-state index is 8.85. The van der Waals surface area contributed by atoms with Crippen LogP contribution in [0.1, 0.15) is 16.8 Å². The number of hydrogen-bond donors (Lipinski definition) is 1. The van der Waals surface area contributed by atoms with Crippen LogP contribution in [0, 0.1) is 18.3 Å². The van der Waals surface area contributed by atoms with Crippen molar-refractivity contribution in [2.75, 3.05) is 5.32 Å². The zero-order chi connectivity index (χ0) is 13.1. The van der Waals surface area contributed by atoms with Gasteiger partial charge in [0.15, 0.2) is 0 Å². The molecule has 0 atom stereocenters. The van der Waals surface area contributed by atoms with Crippen LogP contribution in [-0.4, -0.2) is 9.78 Å². The molecule has 0 spiro atoms. The van der Waals surface area contributed by atoms with Gasteiger partial charge in [-0.15, -0.1) is 0 Å². The Bertz CT molecular complexity index is 610. The highest BCUT2D eigenvalue weighted by molar-refractivity contribution is 6.33. The molecule has 0 amide bonds. The Morgan fingerprint density at radius 2 is 2.28 bits per heavy atom. The van der Waals surface area contributed by atoms with Gasteiger partial charge in [-0.3, -0.25) is 4.68 Å². The van der Waals surface area contributed by atoms with E-state index in [1.807, 2.05) is 20.2 Å². The molecule has 0 aliphatic heterocycles. The van der Waals surface area contributed by atoms with E-state index in [9.17, 15) is 0 Å². The lowest BCUT2D eigenvalue weighted by Gasteiger charge is -2.07. The van der Waals surface area contributed by atoms with Crippen molar-refractivity contribution in [3.8, 4) is 6.07 Å². The lowest BCUT2D eigenvalue weighted by atomic mass is 10.2. The summed E-state index contributed by atoms with van der Waals surface area (Å²) >= 11 is 6.07. The Labute approximate surface area is 111 Å². The normalized spacial score (nSPS) is 10.1. The molecule has 0 fully saturated rings. The molecule has 0 saturated heterocycles. The Kier molecular flexibility index (Phi) is 3.54. The van der Waals surface area contributed by atoms with Gasteiger partial charge in [-0.1, -0.05) is 11.6 Å². The molecule has 92 valence electrons. The van der Waals surface area contributed by atoms with Crippen molar-refractivity contribution in [2.24, 2.45) is 7.05 Å². The number of halogens is 1. The third-order valence-corrected chi connectivity index (χ3v) is 3.01. The van der Waals surface area contributed by atoms with Crippen LogP contribution in [0.5, 0.6) is 0 Å². The first kappa shape index (κ1) is 12.5.